The van der Waals surface area contributed by atoms with Crippen molar-refractivity contribution in [3.63, 3.8) is 0 Å². The van der Waals surface area contributed by atoms with Gasteiger partial charge in [0, 0.05) is 18.4 Å². The van der Waals surface area contributed by atoms with Gasteiger partial charge in [-0.2, -0.15) is 0 Å². The molecule has 0 radical (unpaired) electrons. The molecule has 0 aromatic heterocycles. The molecule has 1 saturated heterocycles. The Hall–Kier alpha value is 0.400. The van der Waals surface area contributed by atoms with E-state index in [1.165, 1.54) is 69.5 Å². The lowest BCUT2D eigenvalue weighted by atomic mass is 10.1. The number of hydrogen-bond acceptors (Lipinski definition) is 2. The fourth-order valence-corrected chi connectivity index (χ4v) is 2.49. The van der Waals surface area contributed by atoms with Crippen LogP contribution >= 0.6 is 15.9 Å². The summed E-state index contributed by atoms with van der Waals surface area (Å²) in [6.07, 6.45) is 14.3. The van der Waals surface area contributed by atoms with Gasteiger partial charge in [0.2, 0.25) is 0 Å². The van der Waals surface area contributed by atoms with E-state index in [4.69, 9.17) is 4.74 Å². The topological polar surface area (TPSA) is 21.3 Å². The number of nitrogens with one attached hydrogen (secondary N) is 1. The average molecular weight is 336 g/mol. The first-order valence-electron chi connectivity index (χ1n) is 8.26. The number of hydrogen-bond donors (Lipinski definition) is 1. The molecular formula is C16H34BrNO. The first-order valence-corrected chi connectivity index (χ1v) is 9.38. The highest BCUT2D eigenvalue weighted by molar-refractivity contribution is 9.09. The zero-order valence-corrected chi connectivity index (χ0v) is 14.5. The van der Waals surface area contributed by atoms with Crippen LogP contribution in [0.25, 0.3) is 0 Å². The molecule has 3 heteroatoms. The summed E-state index contributed by atoms with van der Waals surface area (Å²) in [5.41, 5.74) is 0. The van der Waals surface area contributed by atoms with Crippen molar-refractivity contribution in [1.29, 1.82) is 0 Å². The van der Waals surface area contributed by atoms with Crippen molar-refractivity contribution in [3.05, 3.63) is 0 Å². The summed E-state index contributed by atoms with van der Waals surface area (Å²) >= 11 is 3.46. The molecule has 0 aliphatic carbocycles. The normalized spacial score (nSPS) is 14.8. The van der Waals surface area contributed by atoms with Crippen LogP contribution < -0.4 is 5.32 Å². The second-order valence-electron chi connectivity index (χ2n) is 5.23. The summed E-state index contributed by atoms with van der Waals surface area (Å²) in [7, 11) is 0. The smallest absolute Gasteiger partial charge is 0.0591 e. The van der Waals surface area contributed by atoms with Crippen molar-refractivity contribution < 1.29 is 4.74 Å². The van der Waals surface area contributed by atoms with Gasteiger partial charge >= 0.3 is 0 Å². The Labute approximate surface area is 129 Å². The first-order chi connectivity index (χ1) is 9.41. The molecule has 1 aliphatic rings. The van der Waals surface area contributed by atoms with Crippen LogP contribution in [0.4, 0.5) is 0 Å². The zero-order chi connectivity index (χ0) is 14.0. The van der Waals surface area contributed by atoms with Gasteiger partial charge in [0.05, 0.1) is 13.2 Å². The van der Waals surface area contributed by atoms with Crippen LogP contribution in [0.5, 0.6) is 0 Å². The molecule has 0 aromatic carbocycles. The number of halogens is 1. The molecule has 1 aliphatic heterocycles. The Balaban J connectivity index is 0.000000443. The first kappa shape index (κ1) is 19.4. The molecule has 1 heterocycles. The highest BCUT2D eigenvalue weighted by Gasteiger charge is 1.93. The Morgan fingerprint density at radius 1 is 0.789 bits per heavy atom. The summed E-state index contributed by atoms with van der Waals surface area (Å²) < 4.78 is 5.01. The second-order valence-corrected chi connectivity index (χ2v) is 6.03. The maximum absolute atomic E-state index is 5.01. The van der Waals surface area contributed by atoms with Crippen LogP contribution in [0.1, 0.15) is 71.1 Å². The minimum Gasteiger partial charge on any atom is -0.379 e. The van der Waals surface area contributed by atoms with Crippen molar-refractivity contribution in [1.82, 2.24) is 5.32 Å². The van der Waals surface area contributed by atoms with E-state index in [1.54, 1.807) is 0 Å². The molecule has 0 atom stereocenters. The Morgan fingerprint density at radius 2 is 1.26 bits per heavy atom. The lowest BCUT2D eigenvalue weighted by Gasteiger charge is -2.10. The summed E-state index contributed by atoms with van der Waals surface area (Å²) in [5.74, 6) is 0. The third kappa shape index (κ3) is 18.4. The van der Waals surface area contributed by atoms with E-state index in [-0.39, 0.29) is 0 Å². The van der Waals surface area contributed by atoms with E-state index in [0.29, 0.717) is 0 Å². The Morgan fingerprint density at radius 3 is 1.58 bits per heavy atom. The summed E-state index contributed by atoms with van der Waals surface area (Å²) in [4.78, 5) is 0. The van der Waals surface area contributed by atoms with E-state index in [1.807, 2.05) is 0 Å². The molecule has 1 rings (SSSR count). The van der Waals surface area contributed by atoms with Gasteiger partial charge in [-0.3, -0.25) is 0 Å². The van der Waals surface area contributed by atoms with Gasteiger partial charge in [0.25, 0.3) is 0 Å². The van der Waals surface area contributed by atoms with Crippen molar-refractivity contribution >= 4 is 15.9 Å². The third-order valence-corrected chi connectivity index (χ3v) is 3.89. The molecule has 2 nitrogen and oxygen atoms in total. The molecule has 0 spiro atoms. The quantitative estimate of drug-likeness (QED) is 0.452. The van der Waals surface area contributed by atoms with E-state index in [2.05, 4.69) is 28.2 Å². The fraction of sp³-hybridized carbons (Fsp3) is 1.00. The molecule has 116 valence electrons. The Bertz CT molecular complexity index is 130. The van der Waals surface area contributed by atoms with Gasteiger partial charge in [0.15, 0.2) is 0 Å². The predicted molar refractivity (Wildman–Crippen MR) is 89.3 cm³/mol. The van der Waals surface area contributed by atoms with Crippen molar-refractivity contribution in [2.75, 3.05) is 31.6 Å². The van der Waals surface area contributed by atoms with E-state index in [9.17, 15) is 0 Å². The summed E-state index contributed by atoms with van der Waals surface area (Å²) in [5, 5.41) is 4.34. The highest BCUT2D eigenvalue weighted by atomic mass is 79.9. The predicted octanol–water partition coefficient (Wildman–Crippen LogP) is 4.91. The monoisotopic (exact) mass is 335 g/mol. The fourth-order valence-electron chi connectivity index (χ4n) is 2.10. The van der Waals surface area contributed by atoms with Crippen LogP contribution in [0, 0.1) is 0 Å². The molecule has 1 N–H and O–H groups in total. The van der Waals surface area contributed by atoms with Crippen LogP contribution in [0.2, 0.25) is 0 Å². The van der Waals surface area contributed by atoms with E-state index in [0.717, 1.165) is 26.3 Å². The van der Waals surface area contributed by atoms with Crippen molar-refractivity contribution in [2.45, 2.75) is 71.1 Å². The molecule has 0 saturated carbocycles. The largest absolute Gasteiger partial charge is 0.379 e. The highest BCUT2D eigenvalue weighted by Crippen LogP contribution is 2.10. The van der Waals surface area contributed by atoms with Crippen molar-refractivity contribution in [3.8, 4) is 0 Å². The molecule has 0 amide bonds. The number of morpholine rings is 1. The maximum atomic E-state index is 5.01. The van der Waals surface area contributed by atoms with Crippen LogP contribution in [0.15, 0.2) is 0 Å². The SMILES string of the molecule is C1COCCN1.CCCCCCCCCCCCBr. The summed E-state index contributed by atoms with van der Waals surface area (Å²) in [6.45, 7) is 6.11. The molecule has 0 bridgehead atoms. The molecular weight excluding hydrogens is 302 g/mol. The standard InChI is InChI=1S/C12H25Br.C4H9NO/c1-2-3-4-5-6-7-8-9-10-11-12-13;1-3-6-4-2-5-1/h2-12H2,1H3;5H,1-4H2. The van der Waals surface area contributed by atoms with E-state index < -0.39 is 0 Å². The molecule has 1 fully saturated rings. The van der Waals surface area contributed by atoms with Gasteiger partial charge in [0.1, 0.15) is 0 Å². The number of ether oxygens (including phenoxy) is 1. The molecule has 19 heavy (non-hydrogen) atoms. The minimum atomic E-state index is 0.889. The molecule has 0 unspecified atom stereocenters. The summed E-state index contributed by atoms with van der Waals surface area (Å²) in [6, 6.07) is 0. The van der Waals surface area contributed by atoms with Gasteiger partial charge in [-0.05, 0) is 6.42 Å². The second kappa shape index (κ2) is 18.4. The maximum Gasteiger partial charge on any atom is 0.0591 e. The zero-order valence-electron chi connectivity index (χ0n) is 12.9. The van der Waals surface area contributed by atoms with Crippen LogP contribution in [0.3, 0.4) is 0 Å². The van der Waals surface area contributed by atoms with Gasteiger partial charge in [-0.15, -0.1) is 0 Å². The number of rotatable bonds is 10. The van der Waals surface area contributed by atoms with Crippen LogP contribution in [-0.2, 0) is 4.74 Å². The van der Waals surface area contributed by atoms with Gasteiger partial charge in [-0.25, -0.2) is 0 Å². The molecule has 0 aromatic rings. The number of alkyl halides is 1. The van der Waals surface area contributed by atoms with Gasteiger partial charge < -0.3 is 10.1 Å². The van der Waals surface area contributed by atoms with Crippen molar-refractivity contribution in [2.24, 2.45) is 0 Å². The van der Waals surface area contributed by atoms with Gasteiger partial charge in [-0.1, -0.05) is 80.6 Å². The third-order valence-electron chi connectivity index (χ3n) is 3.33. The van der Waals surface area contributed by atoms with E-state index >= 15 is 0 Å². The minimum absolute atomic E-state index is 0.889. The lowest BCUT2D eigenvalue weighted by molar-refractivity contribution is 0.109. The lowest BCUT2D eigenvalue weighted by Crippen LogP contribution is -2.30. The number of unbranched alkanes of at least 4 members (excludes halogenated alkanes) is 9. The average Bonchev–Trinajstić information content (AvgIpc) is 2.48. The Kier molecular flexibility index (Phi) is 18.8. The van der Waals surface area contributed by atoms with Crippen LogP contribution in [-0.4, -0.2) is 31.6 Å².